The summed E-state index contributed by atoms with van der Waals surface area (Å²) < 4.78 is 0. The monoisotopic (exact) mass is 317 g/mol. The summed E-state index contributed by atoms with van der Waals surface area (Å²) in [6.07, 6.45) is 3.27. The molecule has 0 amide bonds. The maximum absolute atomic E-state index is 3.43. The van der Waals surface area contributed by atoms with Crippen LogP contribution in [0.4, 0.5) is 0 Å². The second-order valence-electron chi connectivity index (χ2n) is 5.79. The number of rotatable bonds is 4. The van der Waals surface area contributed by atoms with E-state index in [1.54, 1.807) is 0 Å². The number of H-pyrrole nitrogens is 1. The third-order valence-corrected chi connectivity index (χ3v) is 5.68. The molecule has 0 saturated heterocycles. The second-order valence-corrected chi connectivity index (χ2v) is 6.99. The van der Waals surface area contributed by atoms with E-state index in [1.807, 2.05) is 11.3 Å². The second kappa shape index (κ2) is 6.05. The third kappa shape index (κ3) is 2.60. The van der Waals surface area contributed by atoms with Crippen LogP contribution in [0, 0.1) is 0 Å². The molecule has 23 heavy (non-hydrogen) atoms. The fourth-order valence-corrected chi connectivity index (χ4v) is 4.32. The van der Waals surface area contributed by atoms with Gasteiger partial charge in [-0.1, -0.05) is 55.5 Å². The minimum atomic E-state index is 0.289. The lowest BCUT2D eigenvalue weighted by molar-refractivity contribution is 1.02. The molecule has 2 heterocycles. The largest absolute Gasteiger partial charge is 0.361 e. The maximum atomic E-state index is 3.43. The van der Waals surface area contributed by atoms with E-state index in [0.717, 1.165) is 6.42 Å². The van der Waals surface area contributed by atoms with Crippen molar-refractivity contribution in [3.05, 3.63) is 93.8 Å². The van der Waals surface area contributed by atoms with E-state index in [2.05, 4.69) is 84.8 Å². The van der Waals surface area contributed by atoms with Crippen LogP contribution in [0.5, 0.6) is 0 Å². The fourth-order valence-electron chi connectivity index (χ4n) is 3.22. The van der Waals surface area contributed by atoms with Gasteiger partial charge >= 0.3 is 0 Å². The van der Waals surface area contributed by atoms with E-state index in [9.17, 15) is 0 Å². The molecule has 0 bridgehead atoms. The van der Waals surface area contributed by atoms with Crippen LogP contribution in [-0.2, 0) is 6.42 Å². The van der Waals surface area contributed by atoms with Gasteiger partial charge in [0, 0.05) is 32.8 Å². The van der Waals surface area contributed by atoms with Crippen LogP contribution < -0.4 is 0 Å². The molecule has 2 heteroatoms. The fraction of sp³-hybridized carbons (Fsp3) is 0.143. The van der Waals surface area contributed by atoms with Crippen molar-refractivity contribution >= 4 is 22.2 Å². The molecule has 1 atom stereocenters. The number of nitrogens with one attached hydrogen (secondary N) is 1. The molecule has 0 fully saturated rings. The number of benzene rings is 2. The van der Waals surface area contributed by atoms with Crippen molar-refractivity contribution in [2.45, 2.75) is 19.3 Å². The number of hydrogen-bond donors (Lipinski definition) is 1. The number of fused-ring (bicyclic) bond motifs is 1. The van der Waals surface area contributed by atoms with Crippen LogP contribution in [0.15, 0.2) is 72.9 Å². The summed E-state index contributed by atoms with van der Waals surface area (Å²) in [7, 11) is 0. The van der Waals surface area contributed by atoms with Crippen LogP contribution in [0.1, 0.15) is 33.7 Å². The zero-order chi connectivity index (χ0) is 15.6. The van der Waals surface area contributed by atoms with Crippen LogP contribution in [0.25, 0.3) is 10.9 Å². The van der Waals surface area contributed by atoms with Crippen LogP contribution in [0.2, 0.25) is 0 Å². The Morgan fingerprint density at radius 2 is 1.70 bits per heavy atom. The van der Waals surface area contributed by atoms with Gasteiger partial charge in [0.25, 0.3) is 0 Å². The Kier molecular flexibility index (Phi) is 3.76. The minimum absolute atomic E-state index is 0.289. The molecule has 1 unspecified atom stereocenters. The number of hydrogen-bond acceptors (Lipinski definition) is 1. The number of aromatic amines is 1. The van der Waals surface area contributed by atoms with Gasteiger partial charge < -0.3 is 4.98 Å². The highest BCUT2D eigenvalue weighted by Gasteiger charge is 2.21. The van der Waals surface area contributed by atoms with Crippen molar-refractivity contribution in [3.8, 4) is 0 Å². The molecule has 1 N–H and O–H groups in total. The third-order valence-electron chi connectivity index (χ3n) is 4.38. The standard InChI is InChI=1S/C21H19NS/c1-2-16-12-13-20(23-16)21(15-8-4-3-5-9-15)18-14-22-19-11-7-6-10-17(18)19/h3-14,21-22H,2H2,1H3. The molecule has 0 radical (unpaired) electrons. The molecule has 0 spiro atoms. The van der Waals surface area contributed by atoms with Crippen molar-refractivity contribution in [1.29, 1.82) is 0 Å². The van der Waals surface area contributed by atoms with Crippen LogP contribution >= 0.6 is 11.3 Å². The predicted molar refractivity (Wildman–Crippen MR) is 99.4 cm³/mol. The molecule has 2 aromatic heterocycles. The van der Waals surface area contributed by atoms with Gasteiger partial charge in [0.05, 0.1) is 0 Å². The van der Waals surface area contributed by atoms with Crippen molar-refractivity contribution in [3.63, 3.8) is 0 Å². The molecule has 1 nitrogen and oxygen atoms in total. The lowest BCUT2D eigenvalue weighted by atomic mass is 9.90. The Morgan fingerprint density at radius 1 is 0.913 bits per heavy atom. The van der Waals surface area contributed by atoms with Crippen molar-refractivity contribution in [2.75, 3.05) is 0 Å². The topological polar surface area (TPSA) is 15.8 Å². The molecule has 0 aliphatic heterocycles. The average molecular weight is 317 g/mol. The Balaban J connectivity index is 1.92. The molecule has 4 rings (SSSR count). The van der Waals surface area contributed by atoms with Crippen molar-refractivity contribution < 1.29 is 0 Å². The molecule has 0 aliphatic rings. The van der Waals surface area contributed by atoms with Gasteiger partial charge in [0.15, 0.2) is 0 Å². The Morgan fingerprint density at radius 3 is 2.48 bits per heavy atom. The number of aryl methyl sites for hydroxylation is 1. The Hall–Kier alpha value is -2.32. The number of para-hydroxylation sites is 1. The molecular weight excluding hydrogens is 298 g/mol. The van der Waals surface area contributed by atoms with Crippen molar-refractivity contribution in [1.82, 2.24) is 4.98 Å². The van der Waals surface area contributed by atoms with E-state index in [4.69, 9.17) is 0 Å². The van der Waals surface area contributed by atoms with Crippen LogP contribution in [-0.4, -0.2) is 4.98 Å². The smallest absolute Gasteiger partial charge is 0.0457 e. The first-order valence-electron chi connectivity index (χ1n) is 8.06. The average Bonchev–Trinajstić information content (AvgIpc) is 3.24. The van der Waals surface area contributed by atoms with Gasteiger partial charge in [-0.2, -0.15) is 0 Å². The lowest BCUT2D eigenvalue weighted by Gasteiger charge is -2.16. The van der Waals surface area contributed by atoms with Gasteiger partial charge in [0.1, 0.15) is 0 Å². The Labute approximate surface area is 140 Å². The van der Waals surface area contributed by atoms with Gasteiger partial charge in [-0.05, 0) is 35.7 Å². The predicted octanol–water partition coefficient (Wildman–Crippen LogP) is 5.97. The zero-order valence-corrected chi connectivity index (χ0v) is 13.9. The van der Waals surface area contributed by atoms with E-state index in [-0.39, 0.29) is 5.92 Å². The first-order valence-corrected chi connectivity index (χ1v) is 8.88. The summed E-state index contributed by atoms with van der Waals surface area (Å²) in [5.74, 6) is 0.289. The lowest BCUT2D eigenvalue weighted by Crippen LogP contribution is -2.00. The molecule has 4 aromatic rings. The normalized spacial score (nSPS) is 12.6. The van der Waals surface area contributed by atoms with E-state index < -0.39 is 0 Å². The summed E-state index contributed by atoms with van der Waals surface area (Å²) in [5, 5.41) is 1.31. The first kappa shape index (κ1) is 14.3. The highest BCUT2D eigenvalue weighted by molar-refractivity contribution is 7.12. The summed E-state index contributed by atoms with van der Waals surface area (Å²) in [5.41, 5.74) is 3.91. The molecule has 0 saturated carbocycles. The van der Waals surface area contributed by atoms with Gasteiger partial charge in [-0.25, -0.2) is 0 Å². The minimum Gasteiger partial charge on any atom is -0.361 e. The summed E-state index contributed by atoms with van der Waals surface area (Å²) in [6, 6.07) is 23.9. The van der Waals surface area contributed by atoms with Gasteiger partial charge in [-0.3, -0.25) is 0 Å². The van der Waals surface area contributed by atoms with E-state index in [0.29, 0.717) is 0 Å². The van der Waals surface area contributed by atoms with E-state index in [1.165, 1.54) is 31.8 Å². The molecule has 114 valence electrons. The quantitative estimate of drug-likeness (QED) is 0.477. The summed E-state index contributed by atoms with van der Waals surface area (Å²) >= 11 is 1.93. The van der Waals surface area contributed by atoms with E-state index >= 15 is 0 Å². The first-order chi connectivity index (χ1) is 11.4. The van der Waals surface area contributed by atoms with Crippen molar-refractivity contribution in [2.24, 2.45) is 0 Å². The van der Waals surface area contributed by atoms with Crippen LogP contribution in [0.3, 0.4) is 0 Å². The number of thiophene rings is 1. The summed E-state index contributed by atoms with van der Waals surface area (Å²) in [6.45, 7) is 2.22. The zero-order valence-electron chi connectivity index (χ0n) is 13.1. The molecular formula is C21H19NS. The van der Waals surface area contributed by atoms with Gasteiger partial charge in [-0.15, -0.1) is 11.3 Å². The van der Waals surface area contributed by atoms with Gasteiger partial charge in [0.2, 0.25) is 0 Å². The highest BCUT2D eigenvalue weighted by Crippen LogP contribution is 2.39. The Bertz CT molecular complexity index is 917. The highest BCUT2D eigenvalue weighted by atomic mass is 32.1. The SMILES string of the molecule is CCc1ccc(C(c2ccccc2)c2c[nH]c3ccccc23)s1. The molecule has 2 aromatic carbocycles. The maximum Gasteiger partial charge on any atom is 0.0457 e. The molecule has 0 aliphatic carbocycles. The number of aromatic nitrogens is 1. The summed E-state index contributed by atoms with van der Waals surface area (Å²) in [4.78, 5) is 6.29.